The van der Waals surface area contributed by atoms with E-state index in [-0.39, 0.29) is 36.7 Å². The lowest BCUT2D eigenvalue weighted by atomic mass is 10.1. The van der Waals surface area contributed by atoms with E-state index in [1.165, 1.54) is 11.3 Å². The SMILES string of the molecule is O=C(Cc1csc(NC(=O)CN(C(=O)c2ccccc2)C2CC2)n1)NCCc1ccc(Cl)cc1Cl. The summed E-state index contributed by atoms with van der Waals surface area (Å²) >= 11 is 13.3. The maximum atomic E-state index is 12.8. The van der Waals surface area contributed by atoms with Crippen molar-refractivity contribution in [3.63, 3.8) is 0 Å². The molecule has 4 rings (SSSR count). The Morgan fingerprint density at radius 2 is 1.83 bits per heavy atom. The third-order valence-corrected chi connectivity index (χ3v) is 6.85. The molecule has 0 aliphatic heterocycles. The predicted molar refractivity (Wildman–Crippen MR) is 138 cm³/mol. The van der Waals surface area contributed by atoms with Crippen LogP contribution in [0.5, 0.6) is 0 Å². The maximum absolute atomic E-state index is 12.8. The van der Waals surface area contributed by atoms with Crippen LogP contribution in [0.15, 0.2) is 53.9 Å². The van der Waals surface area contributed by atoms with E-state index < -0.39 is 0 Å². The Hall–Kier alpha value is -2.94. The summed E-state index contributed by atoms with van der Waals surface area (Å²) in [5.74, 6) is -0.641. The van der Waals surface area contributed by atoms with E-state index in [1.807, 2.05) is 12.1 Å². The number of thiazole rings is 1. The molecule has 10 heteroatoms. The number of aromatic nitrogens is 1. The summed E-state index contributed by atoms with van der Waals surface area (Å²) < 4.78 is 0. The zero-order chi connectivity index (χ0) is 24.8. The van der Waals surface area contributed by atoms with Gasteiger partial charge in [-0.2, -0.15) is 0 Å². The molecule has 35 heavy (non-hydrogen) atoms. The molecule has 2 aromatic carbocycles. The highest BCUT2D eigenvalue weighted by Crippen LogP contribution is 2.28. The summed E-state index contributed by atoms with van der Waals surface area (Å²) in [7, 11) is 0. The Balaban J connectivity index is 1.24. The minimum atomic E-state index is -0.314. The third kappa shape index (κ3) is 7.27. The zero-order valence-corrected chi connectivity index (χ0v) is 21.1. The normalized spacial score (nSPS) is 12.7. The summed E-state index contributed by atoms with van der Waals surface area (Å²) in [6, 6.07) is 14.3. The molecule has 0 saturated heterocycles. The van der Waals surface area contributed by atoms with Crippen LogP contribution in [-0.4, -0.2) is 46.7 Å². The quantitative estimate of drug-likeness (QED) is 0.400. The van der Waals surface area contributed by atoms with Crippen LogP contribution in [0.1, 0.15) is 34.5 Å². The standard InChI is InChI=1S/C25H24Cl2N4O3S/c26-18-7-6-16(21(27)12-18)10-11-28-22(32)13-19-15-35-25(29-19)30-23(33)14-31(20-8-9-20)24(34)17-4-2-1-3-5-17/h1-7,12,15,20H,8-11,13-14H2,(H,28,32)(H,29,30,33). The van der Waals surface area contributed by atoms with Crippen LogP contribution in [0.4, 0.5) is 5.13 Å². The fourth-order valence-corrected chi connectivity index (χ4v) is 4.78. The molecule has 0 bridgehead atoms. The molecule has 0 radical (unpaired) electrons. The van der Waals surface area contributed by atoms with Gasteiger partial charge in [0.05, 0.1) is 12.1 Å². The molecule has 3 aromatic rings. The summed E-state index contributed by atoms with van der Waals surface area (Å²) in [5, 5.41) is 8.86. The summed E-state index contributed by atoms with van der Waals surface area (Å²) in [4.78, 5) is 43.7. The number of carbonyl (C=O) groups is 3. The van der Waals surface area contributed by atoms with Gasteiger partial charge in [0.25, 0.3) is 5.91 Å². The van der Waals surface area contributed by atoms with E-state index in [1.54, 1.807) is 46.7 Å². The Kier molecular flexibility index (Phi) is 8.38. The molecule has 1 heterocycles. The molecule has 182 valence electrons. The molecule has 1 aromatic heterocycles. The first kappa shape index (κ1) is 25.2. The third-order valence-electron chi connectivity index (χ3n) is 5.45. The Bertz CT molecular complexity index is 1210. The topological polar surface area (TPSA) is 91.4 Å². The number of hydrogen-bond acceptors (Lipinski definition) is 5. The van der Waals surface area contributed by atoms with Crippen molar-refractivity contribution < 1.29 is 14.4 Å². The molecule has 0 atom stereocenters. The highest BCUT2D eigenvalue weighted by Gasteiger charge is 2.34. The van der Waals surface area contributed by atoms with E-state index in [9.17, 15) is 14.4 Å². The molecule has 1 saturated carbocycles. The number of nitrogens with zero attached hydrogens (tertiary/aromatic N) is 2. The van der Waals surface area contributed by atoms with Gasteiger partial charge in [-0.25, -0.2) is 4.98 Å². The summed E-state index contributed by atoms with van der Waals surface area (Å²) in [6.07, 6.45) is 2.47. The second kappa shape index (κ2) is 11.7. The average molecular weight is 531 g/mol. The largest absolute Gasteiger partial charge is 0.355 e. The van der Waals surface area contributed by atoms with Crippen molar-refractivity contribution in [2.75, 3.05) is 18.4 Å². The molecule has 3 amide bonds. The number of hydrogen-bond donors (Lipinski definition) is 2. The van der Waals surface area contributed by atoms with Crippen molar-refractivity contribution in [2.45, 2.75) is 31.7 Å². The van der Waals surface area contributed by atoms with E-state index >= 15 is 0 Å². The van der Waals surface area contributed by atoms with Crippen LogP contribution in [-0.2, 0) is 22.4 Å². The molecule has 0 spiro atoms. The van der Waals surface area contributed by atoms with Crippen LogP contribution in [0.3, 0.4) is 0 Å². The molecular formula is C25H24Cl2N4O3S. The predicted octanol–water partition coefficient (Wildman–Crippen LogP) is 4.59. The minimum Gasteiger partial charge on any atom is -0.355 e. The van der Waals surface area contributed by atoms with Gasteiger partial charge in [-0.3, -0.25) is 14.4 Å². The second-order valence-electron chi connectivity index (χ2n) is 8.23. The van der Waals surface area contributed by atoms with Gasteiger partial charge in [-0.15, -0.1) is 11.3 Å². The number of nitrogens with one attached hydrogen (secondary N) is 2. The van der Waals surface area contributed by atoms with E-state index in [2.05, 4.69) is 15.6 Å². The van der Waals surface area contributed by atoms with Crippen LogP contribution < -0.4 is 10.6 Å². The summed E-state index contributed by atoms with van der Waals surface area (Å²) in [5.41, 5.74) is 2.03. The smallest absolute Gasteiger partial charge is 0.254 e. The lowest BCUT2D eigenvalue weighted by Crippen LogP contribution is -2.39. The molecule has 7 nitrogen and oxygen atoms in total. The molecule has 1 aliphatic carbocycles. The van der Waals surface area contributed by atoms with Gasteiger partial charge >= 0.3 is 0 Å². The number of anilines is 1. The fourth-order valence-electron chi connectivity index (χ4n) is 3.55. The highest BCUT2D eigenvalue weighted by molar-refractivity contribution is 7.13. The lowest BCUT2D eigenvalue weighted by Gasteiger charge is -2.21. The first-order valence-corrected chi connectivity index (χ1v) is 12.8. The minimum absolute atomic E-state index is 0.0406. The van der Waals surface area contributed by atoms with Crippen molar-refractivity contribution >= 4 is 57.4 Å². The van der Waals surface area contributed by atoms with Crippen LogP contribution in [0.2, 0.25) is 10.0 Å². The number of amides is 3. The van der Waals surface area contributed by atoms with Crippen LogP contribution >= 0.6 is 34.5 Å². The molecule has 1 aliphatic rings. The van der Waals surface area contributed by atoms with Crippen molar-refractivity contribution in [1.82, 2.24) is 15.2 Å². The van der Waals surface area contributed by atoms with Crippen LogP contribution in [0, 0.1) is 0 Å². The monoisotopic (exact) mass is 530 g/mol. The highest BCUT2D eigenvalue weighted by atomic mass is 35.5. The van der Waals surface area contributed by atoms with Gasteiger partial charge < -0.3 is 15.5 Å². The van der Waals surface area contributed by atoms with Gasteiger partial charge in [0.1, 0.15) is 6.54 Å². The van der Waals surface area contributed by atoms with Crippen LogP contribution in [0.25, 0.3) is 0 Å². The van der Waals surface area contributed by atoms with Gasteiger partial charge in [-0.1, -0.05) is 47.5 Å². The van der Waals surface area contributed by atoms with E-state index in [4.69, 9.17) is 23.2 Å². The summed E-state index contributed by atoms with van der Waals surface area (Å²) in [6.45, 7) is 0.390. The lowest BCUT2D eigenvalue weighted by molar-refractivity contribution is -0.120. The number of benzene rings is 2. The average Bonchev–Trinajstić information content (AvgIpc) is 3.59. The van der Waals surface area contributed by atoms with Crippen molar-refractivity contribution in [3.8, 4) is 0 Å². The Labute approximate surface area is 217 Å². The maximum Gasteiger partial charge on any atom is 0.254 e. The molecular weight excluding hydrogens is 507 g/mol. The van der Waals surface area contributed by atoms with Crippen molar-refractivity contribution in [3.05, 3.63) is 80.8 Å². The molecule has 1 fully saturated rings. The van der Waals surface area contributed by atoms with Crippen molar-refractivity contribution in [1.29, 1.82) is 0 Å². The first-order chi connectivity index (χ1) is 16.9. The zero-order valence-electron chi connectivity index (χ0n) is 18.8. The Morgan fingerprint density at radius 3 is 2.54 bits per heavy atom. The molecule has 0 unspecified atom stereocenters. The van der Waals surface area contributed by atoms with Crippen molar-refractivity contribution in [2.24, 2.45) is 0 Å². The molecule has 2 N–H and O–H groups in total. The first-order valence-electron chi connectivity index (χ1n) is 11.2. The number of halogens is 2. The number of carbonyl (C=O) groups excluding carboxylic acids is 3. The van der Waals surface area contributed by atoms with Gasteiger partial charge in [0.15, 0.2) is 5.13 Å². The van der Waals surface area contributed by atoms with Gasteiger partial charge in [0, 0.05) is 33.6 Å². The fraction of sp³-hybridized carbons (Fsp3) is 0.280. The van der Waals surface area contributed by atoms with Gasteiger partial charge in [-0.05, 0) is 49.1 Å². The Morgan fingerprint density at radius 1 is 1.06 bits per heavy atom. The van der Waals surface area contributed by atoms with E-state index in [0.717, 1.165) is 18.4 Å². The number of rotatable bonds is 10. The second-order valence-corrected chi connectivity index (χ2v) is 9.94. The van der Waals surface area contributed by atoms with E-state index in [0.29, 0.717) is 39.4 Å². The van der Waals surface area contributed by atoms with Gasteiger partial charge in [0.2, 0.25) is 11.8 Å².